The first kappa shape index (κ1) is 18.4. The van der Waals surface area contributed by atoms with Gasteiger partial charge in [-0.3, -0.25) is 4.57 Å². The zero-order valence-corrected chi connectivity index (χ0v) is 15.1. The van der Waals surface area contributed by atoms with Gasteiger partial charge in [0.05, 0.1) is 6.04 Å². The molecule has 0 aliphatic heterocycles. The maximum atomic E-state index is 13.3. The Morgan fingerprint density at radius 2 is 1.77 bits per heavy atom. The molecule has 0 aliphatic carbocycles. The van der Waals surface area contributed by atoms with Gasteiger partial charge in [-0.1, -0.05) is 17.7 Å². The molecule has 3 rings (SSSR count). The lowest BCUT2D eigenvalue weighted by molar-refractivity contribution is 0.234. The lowest BCUT2D eigenvalue weighted by Gasteiger charge is -2.26. The molecule has 0 bridgehead atoms. The molecular weight excluding hydrogens is 360 g/mol. The summed E-state index contributed by atoms with van der Waals surface area (Å²) in [5.74, 6) is -0.763. The maximum absolute atomic E-state index is 13.3. The second-order valence-electron chi connectivity index (χ2n) is 6.27. The number of likely N-dealkylation sites (N-methyl/N-ethyl adjacent to an activating group) is 1. The van der Waals surface area contributed by atoms with Crippen LogP contribution in [0.25, 0.3) is 10.8 Å². The number of nitrogens with one attached hydrogen (secondary N) is 1. The molecule has 4 nitrogen and oxygen atoms in total. The maximum Gasteiger partial charge on any atom is 0.325 e. The van der Waals surface area contributed by atoms with Crippen molar-refractivity contribution in [2.45, 2.75) is 6.04 Å². The van der Waals surface area contributed by atoms with Crippen LogP contribution in [0.4, 0.5) is 13.6 Å². The molecule has 26 heavy (non-hydrogen) atoms. The summed E-state index contributed by atoms with van der Waals surface area (Å²) in [5, 5.41) is 4.55. The SMILES string of the molecule is CN(C)C(CNC(=O)n1cc2ccc(F)cc2c1)c1ccc(F)cc1Cl. The van der Waals surface area contributed by atoms with Crippen LogP contribution in [0.1, 0.15) is 11.6 Å². The molecule has 0 spiro atoms. The number of carbonyl (C=O) groups is 1. The van der Waals surface area contributed by atoms with Gasteiger partial charge in [-0.25, -0.2) is 13.6 Å². The molecule has 1 heterocycles. The Hall–Kier alpha value is -2.44. The Morgan fingerprint density at radius 1 is 1.12 bits per heavy atom. The first-order valence-corrected chi connectivity index (χ1v) is 8.40. The average molecular weight is 378 g/mol. The van der Waals surface area contributed by atoms with Crippen LogP contribution >= 0.6 is 11.6 Å². The van der Waals surface area contributed by atoms with E-state index in [0.29, 0.717) is 10.4 Å². The van der Waals surface area contributed by atoms with Crippen molar-refractivity contribution >= 4 is 28.4 Å². The van der Waals surface area contributed by atoms with Crippen molar-refractivity contribution in [1.29, 1.82) is 0 Å². The van der Waals surface area contributed by atoms with Crippen molar-refractivity contribution in [2.75, 3.05) is 20.6 Å². The summed E-state index contributed by atoms with van der Waals surface area (Å²) in [6.07, 6.45) is 3.21. The fourth-order valence-electron chi connectivity index (χ4n) is 2.85. The molecule has 7 heteroatoms. The van der Waals surface area contributed by atoms with Crippen molar-refractivity contribution in [2.24, 2.45) is 0 Å². The number of carbonyl (C=O) groups excluding carboxylic acids is 1. The van der Waals surface area contributed by atoms with E-state index in [-0.39, 0.29) is 24.4 Å². The number of amides is 1. The van der Waals surface area contributed by atoms with Crippen molar-refractivity contribution in [3.63, 3.8) is 0 Å². The largest absolute Gasteiger partial charge is 0.335 e. The van der Waals surface area contributed by atoms with Gasteiger partial charge in [0.2, 0.25) is 0 Å². The average Bonchev–Trinajstić information content (AvgIpc) is 2.99. The van der Waals surface area contributed by atoms with Crippen LogP contribution in [0.5, 0.6) is 0 Å². The fourth-order valence-corrected chi connectivity index (χ4v) is 3.14. The topological polar surface area (TPSA) is 37.3 Å². The number of benzene rings is 2. The van der Waals surface area contributed by atoms with Crippen LogP contribution in [0.15, 0.2) is 48.8 Å². The number of aromatic nitrogens is 1. The smallest absolute Gasteiger partial charge is 0.325 e. The highest BCUT2D eigenvalue weighted by molar-refractivity contribution is 6.31. The summed E-state index contributed by atoms with van der Waals surface area (Å²) in [4.78, 5) is 14.3. The van der Waals surface area contributed by atoms with Gasteiger partial charge in [-0.05, 0) is 50.0 Å². The summed E-state index contributed by atoms with van der Waals surface area (Å²) >= 11 is 6.15. The molecule has 3 aromatic rings. The van der Waals surface area contributed by atoms with Crippen LogP contribution in [-0.4, -0.2) is 36.1 Å². The molecule has 0 saturated heterocycles. The predicted molar refractivity (Wildman–Crippen MR) is 98.5 cm³/mol. The van der Waals surface area contributed by atoms with Gasteiger partial charge in [0.25, 0.3) is 0 Å². The Morgan fingerprint density at radius 3 is 2.46 bits per heavy atom. The van der Waals surface area contributed by atoms with Crippen molar-refractivity contribution in [1.82, 2.24) is 14.8 Å². The molecule has 0 saturated carbocycles. The number of rotatable bonds is 4. The molecule has 0 radical (unpaired) electrons. The highest BCUT2D eigenvalue weighted by atomic mass is 35.5. The third-order valence-corrected chi connectivity index (χ3v) is 4.56. The third-order valence-electron chi connectivity index (χ3n) is 4.23. The predicted octanol–water partition coefficient (Wildman–Crippen LogP) is 4.43. The van der Waals surface area contributed by atoms with E-state index >= 15 is 0 Å². The van der Waals surface area contributed by atoms with Crippen molar-refractivity contribution < 1.29 is 13.6 Å². The van der Waals surface area contributed by atoms with E-state index in [1.165, 1.54) is 28.8 Å². The van der Waals surface area contributed by atoms with Gasteiger partial charge in [-0.2, -0.15) is 0 Å². The Kier molecular flexibility index (Phi) is 5.25. The van der Waals surface area contributed by atoms with Crippen molar-refractivity contribution in [3.05, 3.63) is 71.0 Å². The first-order valence-electron chi connectivity index (χ1n) is 8.02. The zero-order chi connectivity index (χ0) is 18.8. The van der Waals surface area contributed by atoms with Gasteiger partial charge in [0.15, 0.2) is 0 Å². The van der Waals surface area contributed by atoms with Gasteiger partial charge < -0.3 is 10.2 Å². The minimum absolute atomic E-state index is 0.227. The van der Waals surface area contributed by atoms with Crippen molar-refractivity contribution in [3.8, 4) is 0 Å². The number of hydrogen-bond acceptors (Lipinski definition) is 2. The molecule has 136 valence electrons. The first-order chi connectivity index (χ1) is 12.3. The molecule has 1 unspecified atom stereocenters. The number of halogens is 3. The van der Waals surface area contributed by atoms with E-state index in [4.69, 9.17) is 11.6 Å². The standard InChI is InChI=1S/C19H18ClF2N3O/c1-24(2)18(16-6-5-15(22)8-17(16)20)9-23-19(26)25-10-12-3-4-14(21)7-13(12)11-25/h3-8,10-11,18H,9H2,1-2H3,(H,23,26). The molecule has 1 amide bonds. The fraction of sp³-hybridized carbons (Fsp3) is 0.211. The summed E-state index contributed by atoms with van der Waals surface area (Å²) in [6, 6.07) is 7.98. The highest BCUT2D eigenvalue weighted by Gasteiger charge is 2.19. The second kappa shape index (κ2) is 7.43. The highest BCUT2D eigenvalue weighted by Crippen LogP contribution is 2.26. The van der Waals surface area contributed by atoms with Gasteiger partial charge in [0, 0.05) is 34.7 Å². The van der Waals surface area contributed by atoms with E-state index in [0.717, 1.165) is 10.9 Å². The van der Waals surface area contributed by atoms with Crippen LogP contribution in [0, 0.1) is 11.6 Å². The summed E-state index contributed by atoms with van der Waals surface area (Å²) in [6.45, 7) is 0.278. The van der Waals surface area contributed by atoms with Gasteiger partial charge in [0.1, 0.15) is 11.6 Å². The van der Waals surface area contributed by atoms with E-state index in [1.807, 2.05) is 19.0 Å². The Labute approximate surface area is 155 Å². The molecule has 1 N–H and O–H groups in total. The molecule has 0 aliphatic rings. The van der Waals surface area contributed by atoms with Crippen LogP contribution in [-0.2, 0) is 0 Å². The lowest BCUT2D eigenvalue weighted by Crippen LogP contribution is -2.36. The summed E-state index contributed by atoms with van der Waals surface area (Å²) in [5.41, 5.74) is 0.720. The lowest BCUT2D eigenvalue weighted by atomic mass is 10.1. The number of hydrogen-bond donors (Lipinski definition) is 1. The Balaban J connectivity index is 1.76. The molecule has 1 atom stereocenters. The zero-order valence-electron chi connectivity index (χ0n) is 14.3. The van der Waals surface area contributed by atoms with Gasteiger partial charge >= 0.3 is 6.03 Å². The quantitative estimate of drug-likeness (QED) is 0.730. The molecular formula is C19H18ClF2N3O. The summed E-state index contributed by atoms with van der Waals surface area (Å²) < 4.78 is 27.9. The second-order valence-corrected chi connectivity index (χ2v) is 6.68. The third kappa shape index (κ3) is 3.86. The van der Waals surface area contributed by atoms with E-state index < -0.39 is 5.82 Å². The normalized spacial score (nSPS) is 12.5. The molecule has 2 aromatic carbocycles. The van der Waals surface area contributed by atoms with Gasteiger partial charge in [-0.15, -0.1) is 0 Å². The van der Waals surface area contributed by atoms with Crippen LogP contribution < -0.4 is 5.32 Å². The van der Waals surface area contributed by atoms with E-state index in [2.05, 4.69) is 5.32 Å². The number of nitrogens with zero attached hydrogens (tertiary/aromatic N) is 2. The molecule has 0 fully saturated rings. The number of fused-ring (bicyclic) bond motifs is 1. The monoisotopic (exact) mass is 377 g/mol. The Bertz CT molecular complexity index is 955. The molecule has 1 aromatic heterocycles. The van der Waals surface area contributed by atoms with E-state index in [1.54, 1.807) is 24.5 Å². The minimum Gasteiger partial charge on any atom is -0.335 e. The minimum atomic E-state index is -0.411. The van der Waals surface area contributed by atoms with Crippen LogP contribution in [0.2, 0.25) is 5.02 Å². The van der Waals surface area contributed by atoms with E-state index in [9.17, 15) is 13.6 Å². The summed E-state index contributed by atoms with van der Waals surface area (Å²) in [7, 11) is 3.70. The van der Waals surface area contributed by atoms with Crippen LogP contribution in [0.3, 0.4) is 0 Å².